The Kier molecular flexibility index (Phi) is 4.19. The Labute approximate surface area is 99.0 Å². The van der Waals surface area contributed by atoms with Gasteiger partial charge in [-0.1, -0.05) is 0 Å². The van der Waals surface area contributed by atoms with E-state index >= 15 is 0 Å². The molecule has 0 fully saturated rings. The van der Waals surface area contributed by atoms with E-state index in [4.69, 9.17) is 0 Å². The number of halogens is 3. The van der Waals surface area contributed by atoms with Gasteiger partial charge in [-0.05, 0) is 39.8 Å². The van der Waals surface area contributed by atoms with Gasteiger partial charge in [0.1, 0.15) is 0 Å². The first kappa shape index (κ1) is 14.0. The number of hydrogen-bond acceptors (Lipinski definition) is 2. The van der Waals surface area contributed by atoms with Crippen LogP contribution in [0.1, 0.15) is 32.9 Å². The third-order valence-corrected chi connectivity index (χ3v) is 2.15. The molecule has 17 heavy (non-hydrogen) atoms. The van der Waals surface area contributed by atoms with E-state index in [2.05, 4.69) is 10.4 Å². The van der Waals surface area contributed by atoms with Crippen LogP contribution >= 0.6 is 0 Å². The molecule has 0 aliphatic rings. The Bertz CT molecular complexity index is 350. The summed E-state index contributed by atoms with van der Waals surface area (Å²) >= 11 is 0. The Morgan fingerprint density at radius 2 is 1.94 bits per heavy atom. The molecule has 0 atom stereocenters. The molecule has 1 aromatic heterocycles. The van der Waals surface area contributed by atoms with Crippen molar-refractivity contribution in [3.63, 3.8) is 0 Å². The van der Waals surface area contributed by atoms with Gasteiger partial charge in [-0.25, -0.2) is 0 Å². The SMILES string of the molecule is CC(C)(C)NCCCn1ccc(C(F)(F)F)n1. The highest BCUT2D eigenvalue weighted by molar-refractivity contribution is 5.03. The fourth-order valence-corrected chi connectivity index (χ4v) is 1.34. The van der Waals surface area contributed by atoms with Crippen LogP contribution in [-0.2, 0) is 12.7 Å². The molecule has 1 rings (SSSR count). The Morgan fingerprint density at radius 3 is 2.41 bits per heavy atom. The highest BCUT2D eigenvalue weighted by atomic mass is 19.4. The van der Waals surface area contributed by atoms with Crippen molar-refractivity contribution in [3.8, 4) is 0 Å². The fourth-order valence-electron chi connectivity index (χ4n) is 1.34. The van der Waals surface area contributed by atoms with Crippen LogP contribution in [0.4, 0.5) is 13.2 Å². The van der Waals surface area contributed by atoms with Crippen molar-refractivity contribution in [1.29, 1.82) is 0 Å². The molecular weight excluding hydrogens is 231 g/mol. The molecule has 0 saturated heterocycles. The zero-order chi connectivity index (χ0) is 13.1. The van der Waals surface area contributed by atoms with Crippen LogP contribution in [0.5, 0.6) is 0 Å². The van der Waals surface area contributed by atoms with Crippen LogP contribution in [-0.4, -0.2) is 21.9 Å². The highest BCUT2D eigenvalue weighted by Gasteiger charge is 2.33. The Balaban J connectivity index is 2.36. The summed E-state index contributed by atoms with van der Waals surface area (Å²) in [5.41, 5.74) is -0.803. The predicted molar refractivity (Wildman–Crippen MR) is 59.6 cm³/mol. The number of rotatable bonds is 4. The summed E-state index contributed by atoms with van der Waals surface area (Å²) in [6, 6.07) is 0.997. The van der Waals surface area contributed by atoms with Crippen molar-refractivity contribution >= 4 is 0 Å². The van der Waals surface area contributed by atoms with Crippen LogP contribution < -0.4 is 5.32 Å². The minimum Gasteiger partial charge on any atom is -0.312 e. The molecule has 0 aliphatic carbocycles. The minimum absolute atomic E-state index is 0.0290. The average Bonchev–Trinajstić information content (AvgIpc) is 2.58. The number of alkyl halides is 3. The van der Waals surface area contributed by atoms with Gasteiger partial charge in [0.2, 0.25) is 0 Å². The summed E-state index contributed by atoms with van der Waals surface area (Å²) in [6.07, 6.45) is -2.24. The quantitative estimate of drug-likeness (QED) is 0.831. The van der Waals surface area contributed by atoms with Crippen molar-refractivity contribution in [2.45, 2.75) is 45.5 Å². The van der Waals surface area contributed by atoms with Gasteiger partial charge in [-0.3, -0.25) is 4.68 Å². The lowest BCUT2D eigenvalue weighted by Crippen LogP contribution is -2.36. The second-order valence-corrected chi connectivity index (χ2v) is 4.99. The molecule has 0 aliphatic heterocycles. The molecule has 0 aromatic carbocycles. The summed E-state index contributed by atoms with van der Waals surface area (Å²) < 4.78 is 38.1. The van der Waals surface area contributed by atoms with E-state index in [0.29, 0.717) is 6.54 Å². The first-order valence-corrected chi connectivity index (χ1v) is 5.54. The van der Waals surface area contributed by atoms with E-state index in [1.807, 2.05) is 20.8 Å². The second-order valence-electron chi connectivity index (χ2n) is 4.99. The zero-order valence-electron chi connectivity index (χ0n) is 10.3. The number of nitrogens with zero attached hydrogens (tertiary/aromatic N) is 2. The topological polar surface area (TPSA) is 29.9 Å². The Hall–Kier alpha value is -1.04. The molecule has 0 bridgehead atoms. The van der Waals surface area contributed by atoms with Crippen LogP contribution in [0.25, 0.3) is 0 Å². The lowest BCUT2D eigenvalue weighted by atomic mass is 10.1. The number of aryl methyl sites for hydroxylation is 1. The fraction of sp³-hybridized carbons (Fsp3) is 0.727. The first-order valence-electron chi connectivity index (χ1n) is 5.54. The van der Waals surface area contributed by atoms with Gasteiger partial charge in [-0.15, -0.1) is 0 Å². The molecule has 0 amide bonds. The van der Waals surface area contributed by atoms with E-state index in [0.717, 1.165) is 19.0 Å². The summed E-state index contributed by atoms with van der Waals surface area (Å²) in [5, 5.41) is 6.75. The van der Waals surface area contributed by atoms with Crippen molar-refractivity contribution in [2.75, 3.05) is 6.54 Å². The van der Waals surface area contributed by atoms with Crippen molar-refractivity contribution in [1.82, 2.24) is 15.1 Å². The molecule has 0 spiro atoms. The summed E-state index contributed by atoms with van der Waals surface area (Å²) in [5.74, 6) is 0. The molecule has 3 nitrogen and oxygen atoms in total. The average molecular weight is 249 g/mol. The largest absolute Gasteiger partial charge is 0.435 e. The third kappa shape index (κ3) is 5.21. The van der Waals surface area contributed by atoms with Gasteiger partial charge in [-0.2, -0.15) is 18.3 Å². The predicted octanol–water partition coefficient (Wildman–Crippen LogP) is 2.68. The summed E-state index contributed by atoms with van der Waals surface area (Å²) in [6.45, 7) is 7.37. The lowest BCUT2D eigenvalue weighted by molar-refractivity contribution is -0.141. The lowest BCUT2D eigenvalue weighted by Gasteiger charge is -2.20. The van der Waals surface area contributed by atoms with Gasteiger partial charge >= 0.3 is 6.18 Å². The number of aromatic nitrogens is 2. The number of nitrogens with one attached hydrogen (secondary N) is 1. The molecule has 6 heteroatoms. The van der Waals surface area contributed by atoms with Crippen molar-refractivity contribution in [2.24, 2.45) is 0 Å². The van der Waals surface area contributed by atoms with Crippen LogP contribution in [0.3, 0.4) is 0 Å². The van der Waals surface area contributed by atoms with Crippen LogP contribution in [0.2, 0.25) is 0 Å². The standard InChI is InChI=1S/C11H18F3N3/c1-10(2,3)15-6-4-7-17-8-5-9(16-17)11(12,13)14/h5,8,15H,4,6-7H2,1-3H3. The van der Waals surface area contributed by atoms with Gasteiger partial charge in [0.05, 0.1) is 0 Å². The van der Waals surface area contributed by atoms with E-state index in [-0.39, 0.29) is 5.54 Å². The second kappa shape index (κ2) is 5.08. The van der Waals surface area contributed by atoms with Gasteiger partial charge in [0.25, 0.3) is 0 Å². The van der Waals surface area contributed by atoms with Gasteiger partial charge in [0, 0.05) is 18.3 Å². The molecule has 1 N–H and O–H groups in total. The van der Waals surface area contributed by atoms with Crippen molar-refractivity contribution < 1.29 is 13.2 Å². The smallest absolute Gasteiger partial charge is 0.312 e. The van der Waals surface area contributed by atoms with Gasteiger partial charge in [0.15, 0.2) is 5.69 Å². The van der Waals surface area contributed by atoms with E-state index < -0.39 is 11.9 Å². The first-order chi connectivity index (χ1) is 7.68. The summed E-state index contributed by atoms with van der Waals surface area (Å²) in [7, 11) is 0. The molecule has 98 valence electrons. The molecular formula is C11H18F3N3. The Morgan fingerprint density at radius 1 is 1.29 bits per heavy atom. The highest BCUT2D eigenvalue weighted by Crippen LogP contribution is 2.27. The maximum atomic E-state index is 12.3. The van der Waals surface area contributed by atoms with Crippen molar-refractivity contribution in [3.05, 3.63) is 18.0 Å². The molecule has 0 radical (unpaired) electrons. The van der Waals surface area contributed by atoms with Crippen LogP contribution in [0, 0.1) is 0 Å². The van der Waals surface area contributed by atoms with Gasteiger partial charge < -0.3 is 5.32 Å². The van der Waals surface area contributed by atoms with E-state index in [1.54, 1.807) is 0 Å². The molecule has 0 unspecified atom stereocenters. The maximum absolute atomic E-state index is 12.3. The van der Waals surface area contributed by atoms with E-state index in [1.165, 1.54) is 10.9 Å². The normalized spacial score (nSPS) is 13.1. The molecule has 0 saturated carbocycles. The molecule has 1 aromatic rings. The van der Waals surface area contributed by atoms with E-state index in [9.17, 15) is 13.2 Å². The summed E-state index contributed by atoms with van der Waals surface area (Å²) in [4.78, 5) is 0. The minimum atomic E-state index is -4.35. The maximum Gasteiger partial charge on any atom is 0.435 e. The third-order valence-electron chi connectivity index (χ3n) is 2.15. The molecule has 1 heterocycles. The monoisotopic (exact) mass is 249 g/mol. The van der Waals surface area contributed by atoms with Crippen LogP contribution in [0.15, 0.2) is 12.3 Å². The zero-order valence-corrected chi connectivity index (χ0v) is 10.3. The number of hydrogen-bond donors (Lipinski definition) is 1.